The Morgan fingerprint density at radius 3 is 2.26 bits per heavy atom. The van der Waals surface area contributed by atoms with E-state index >= 15 is 0 Å². The van der Waals surface area contributed by atoms with Crippen LogP contribution in [0.3, 0.4) is 0 Å². The molecule has 7 heteroatoms. The smallest absolute Gasteiger partial charge is 0.258 e. The molecule has 1 fully saturated rings. The number of ketones is 1. The van der Waals surface area contributed by atoms with Crippen molar-refractivity contribution < 1.29 is 14.6 Å². The maximum atomic E-state index is 11.7. The SMILES string of the molecule is CN(C)C(=S)OCCC(=O)C1CCCC1.NC(O)=S. The summed E-state index contributed by atoms with van der Waals surface area (Å²) < 4.78 is 5.27. The van der Waals surface area contributed by atoms with Crippen LogP contribution in [0, 0.1) is 5.92 Å². The van der Waals surface area contributed by atoms with E-state index in [1.165, 1.54) is 12.8 Å². The van der Waals surface area contributed by atoms with Gasteiger partial charge in [-0.2, -0.15) is 0 Å². The normalized spacial score (nSPS) is 14.2. The monoisotopic (exact) mass is 306 g/mol. The molecular weight excluding hydrogens is 284 g/mol. The zero-order valence-electron chi connectivity index (χ0n) is 11.4. The Morgan fingerprint density at radius 2 is 1.84 bits per heavy atom. The first-order chi connectivity index (χ1) is 8.84. The molecule has 0 bridgehead atoms. The third kappa shape index (κ3) is 9.61. The van der Waals surface area contributed by atoms with E-state index in [4.69, 9.17) is 22.1 Å². The van der Waals surface area contributed by atoms with E-state index in [1.54, 1.807) is 4.90 Å². The predicted molar refractivity (Wildman–Crippen MR) is 83.2 cm³/mol. The summed E-state index contributed by atoms with van der Waals surface area (Å²) in [7, 11) is 3.67. The highest BCUT2D eigenvalue weighted by Gasteiger charge is 2.22. The average Bonchev–Trinajstić information content (AvgIpc) is 2.81. The van der Waals surface area contributed by atoms with Crippen LogP contribution in [0.4, 0.5) is 0 Å². The number of Topliss-reactive ketones (excluding diaryl/α,β-unsaturated/α-hetero) is 1. The lowest BCUT2D eigenvalue weighted by Crippen LogP contribution is -2.24. The van der Waals surface area contributed by atoms with Gasteiger partial charge in [0.2, 0.25) is 0 Å². The van der Waals surface area contributed by atoms with Gasteiger partial charge >= 0.3 is 0 Å². The summed E-state index contributed by atoms with van der Waals surface area (Å²) in [5, 5.41) is 7.52. The second kappa shape index (κ2) is 9.91. The van der Waals surface area contributed by atoms with Crippen LogP contribution in [0.25, 0.3) is 0 Å². The molecule has 110 valence electrons. The van der Waals surface area contributed by atoms with Gasteiger partial charge in [-0.3, -0.25) is 4.79 Å². The molecule has 3 N–H and O–H groups in total. The van der Waals surface area contributed by atoms with Crippen LogP contribution < -0.4 is 5.73 Å². The highest BCUT2D eigenvalue weighted by atomic mass is 32.1. The van der Waals surface area contributed by atoms with Crippen molar-refractivity contribution in [3.05, 3.63) is 0 Å². The summed E-state index contributed by atoms with van der Waals surface area (Å²) in [6.07, 6.45) is 5.04. The Bertz CT molecular complexity index is 312. The van der Waals surface area contributed by atoms with Crippen molar-refractivity contribution in [2.45, 2.75) is 32.1 Å². The van der Waals surface area contributed by atoms with E-state index in [-0.39, 0.29) is 0 Å². The van der Waals surface area contributed by atoms with Crippen LogP contribution in [-0.4, -0.2) is 46.8 Å². The topological polar surface area (TPSA) is 75.8 Å². The maximum absolute atomic E-state index is 11.7. The molecule has 5 nitrogen and oxygen atoms in total. The summed E-state index contributed by atoms with van der Waals surface area (Å²) in [5.74, 6) is 0.635. The maximum Gasteiger partial charge on any atom is 0.258 e. The van der Waals surface area contributed by atoms with Gasteiger partial charge in [-0.25, -0.2) is 0 Å². The molecule has 0 aromatic carbocycles. The Labute approximate surface area is 125 Å². The number of carbonyl (C=O) groups excluding carboxylic acids is 1. The Morgan fingerprint density at radius 1 is 1.37 bits per heavy atom. The van der Waals surface area contributed by atoms with Crippen molar-refractivity contribution in [2.75, 3.05) is 20.7 Å². The quantitative estimate of drug-likeness (QED) is 0.767. The number of ether oxygens (including phenoxy) is 1. The van der Waals surface area contributed by atoms with Crippen LogP contribution in [0.5, 0.6) is 0 Å². The van der Waals surface area contributed by atoms with Crippen LogP contribution in [-0.2, 0) is 9.53 Å². The van der Waals surface area contributed by atoms with Gasteiger partial charge in [0.1, 0.15) is 5.78 Å². The molecule has 1 rings (SSSR count). The molecule has 0 aromatic heterocycles. The molecule has 0 radical (unpaired) electrons. The van der Waals surface area contributed by atoms with Gasteiger partial charge in [-0.15, -0.1) is 0 Å². The first-order valence-electron chi connectivity index (χ1n) is 6.19. The predicted octanol–water partition coefficient (Wildman–Crippen LogP) is 1.79. The third-order valence-electron chi connectivity index (χ3n) is 2.75. The summed E-state index contributed by atoms with van der Waals surface area (Å²) in [5.41, 5.74) is 4.40. The number of rotatable bonds is 4. The number of carbonyl (C=O) groups is 1. The number of hydrogen-bond acceptors (Lipinski definition) is 4. The van der Waals surface area contributed by atoms with Gasteiger partial charge in [0, 0.05) is 26.4 Å². The molecule has 0 saturated heterocycles. The van der Waals surface area contributed by atoms with E-state index < -0.39 is 5.17 Å². The summed E-state index contributed by atoms with van der Waals surface area (Å²) in [6, 6.07) is 0. The van der Waals surface area contributed by atoms with Crippen LogP contribution >= 0.6 is 24.4 Å². The van der Waals surface area contributed by atoms with Crippen molar-refractivity contribution in [2.24, 2.45) is 11.7 Å². The molecule has 0 spiro atoms. The second-order valence-electron chi connectivity index (χ2n) is 4.54. The van der Waals surface area contributed by atoms with Gasteiger partial charge in [0.15, 0.2) is 0 Å². The minimum absolute atomic E-state index is 0.293. The van der Waals surface area contributed by atoms with Crippen LogP contribution in [0.15, 0.2) is 0 Å². The summed E-state index contributed by atoms with van der Waals surface area (Å²) in [6.45, 7) is 0.423. The van der Waals surface area contributed by atoms with Gasteiger partial charge in [0.25, 0.3) is 10.3 Å². The van der Waals surface area contributed by atoms with Crippen molar-refractivity contribution in [3.63, 3.8) is 0 Å². The Hall–Kier alpha value is -0.950. The number of aliphatic hydroxyl groups is 1. The lowest BCUT2D eigenvalue weighted by atomic mass is 10.0. The molecular formula is C12H22N2O3S2. The van der Waals surface area contributed by atoms with E-state index in [0.717, 1.165) is 12.8 Å². The number of thiocarbonyl (C=S) groups is 2. The fourth-order valence-corrected chi connectivity index (χ4v) is 1.90. The van der Waals surface area contributed by atoms with Gasteiger partial charge in [0.05, 0.1) is 6.61 Å². The highest BCUT2D eigenvalue weighted by Crippen LogP contribution is 2.26. The van der Waals surface area contributed by atoms with Crippen molar-refractivity contribution in [1.29, 1.82) is 0 Å². The Balaban J connectivity index is 0.000000711. The van der Waals surface area contributed by atoms with Gasteiger partial charge < -0.3 is 20.5 Å². The molecule has 1 saturated carbocycles. The number of nitrogens with two attached hydrogens (primary N) is 1. The van der Waals surface area contributed by atoms with E-state index in [2.05, 4.69) is 18.0 Å². The fourth-order valence-electron chi connectivity index (χ4n) is 1.82. The zero-order chi connectivity index (χ0) is 14.8. The first kappa shape index (κ1) is 18.0. The molecule has 1 aliphatic rings. The van der Waals surface area contributed by atoms with Crippen LogP contribution in [0.2, 0.25) is 0 Å². The lowest BCUT2D eigenvalue weighted by molar-refractivity contribution is -0.123. The van der Waals surface area contributed by atoms with Gasteiger partial charge in [-0.05, 0) is 37.3 Å². The highest BCUT2D eigenvalue weighted by molar-refractivity contribution is 7.80. The van der Waals surface area contributed by atoms with Crippen molar-refractivity contribution in [3.8, 4) is 0 Å². The van der Waals surface area contributed by atoms with Crippen LogP contribution in [0.1, 0.15) is 32.1 Å². The molecule has 0 aliphatic heterocycles. The average molecular weight is 306 g/mol. The molecule has 0 aromatic rings. The number of aliphatic hydroxyl groups excluding tert-OH is 1. The fraction of sp³-hybridized carbons (Fsp3) is 0.750. The van der Waals surface area contributed by atoms with Crippen molar-refractivity contribution in [1.82, 2.24) is 4.90 Å². The molecule has 0 atom stereocenters. The third-order valence-corrected chi connectivity index (χ3v) is 3.23. The van der Waals surface area contributed by atoms with E-state index in [1.807, 2.05) is 14.1 Å². The number of hydrogen-bond donors (Lipinski definition) is 2. The van der Waals surface area contributed by atoms with Crippen molar-refractivity contribution >= 4 is 40.6 Å². The largest absolute Gasteiger partial charge is 0.487 e. The molecule has 0 unspecified atom stereocenters. The zero-order valence-corrected chi connectivity index (χ0v) is 13.1. The lowest BCUT2D eigenvalue weighted by Gasteiger charge is -2.14. The van der Waals surface area contributed by atoms with E-state index in [9.17, 15) is 4.79 Å². The molecule has 19 heavy (non-hydrogen) atoms. The summed E-state index contributed by atoms with van der Waals surface area (Å²) >= 11 is 8.83. The standard InChI is InChI=1S/C11H19NO2S.CH3NOS/c1-12(2)11(15)14-8-7-10(13)9-5-3-4-6-9;2-1(3)4/h9H,3-8H2,1-2H3;(H3,2,3,4). The minimum Gasteiger partial charge on any atom is -0.487 e. The molecule has 1 aliphatic carbocycles. The first-order valence-corrected chi connectivity index (χ1v) is 7.01. The number of nitrogens with zero attached hydrogens (tertiary/aromatic N) is 1. The molecule has 0 amide bonds. The molecule has 0 heterocycles. The second-order valence-corrected chi connectivity index (χ2v) is 5.31. The van der Waals surface area contributed by atoms with Gasteiger partial charge in [-0.1, -0.05) is 12.8 Å². The minimum atomic E-state index is -0.500. The summed E-state index contributed by atoms with van der Waals surface area (Å²) in [4.78, 5) is 13.4. The van der Waals surface area contributed by atoms with E-state index in [0.29, 0.717) is 29.9 Å². The Kier molecular flexibility index (Phi) is 9.42.